The summed E-state index contributed by atoms with van der Waals surface area (Å²) in [5.74, 6) is 1.96. The topological polar surface area (TPSA) is 78.9 Å². The molecule has 0 atom stereocenters. The molecule has 1 aromatic heterocycles. The van der Waals surface area contributed by atoms with E-state index < -0.39 is 0 Å². The minimum Gasteiger partial charge on any atom is -0.497 e. The highest BCUT2D eigenvalue weighted by Crippen LogP contribution is 2.31. The Morgan fingerprint density at radius 1 is 1.03 bits per heavy atom. The van der Waals surface area contributed by atoms with Crippen LogP contribution >= 0.6 is 0 Å². The maximum absolute atomic E-state index is 12.9. The predicted molar refractivity (Wildman–Crippen MR) is 127 cm³/mol. The van der Waals surface area contributed by atoms with Crippen LogP contribution in [0.2, 0.25) is 0 Å². The van der Waals surface area contributed by atoms with Crippen LogP contribution in [0, 0.1) is 5.92 Å². The molecular formula is C25H33N5O3. The second kappa shape index (κ2) is 10.6. The molecule has 2 amide bonds. The lowest BCUT2D eigenvalue weighted by Crippen LogP contribution is -2.52. The number of methoxy groups -OCH3 is 1. The summed E-state index contributed by atoms with van der Waals surface area (Å²) < 4.78 is 5.20. The van der Waals surface area contributed by atoms with E-state index in [-0.39, 0.29) is 24.3 Å². The number of anilines is 1. The number of hydrogen-bond donors (Lipinski definition) is 0. The summed E-state index contributed by atoms with van der Waals surface area (Å²) in [7, 11) is 1.65. The number of rotatable bonds is 9. The first-order valence-corrected chi connectivity index (χ1v) is 11.9. The number of ether oxygens (including phenoxy) is 1. The molecule has 0 bridgehead atoms. The van der Waals surface area contributed by atoms with Gasteiger partial charge in [-0.3, -0.25) is 9.59 Å². The summed E-state index contributed by atoms with van der Waals surface area (Å²) in [5.41, 5.74) is 1.79. The molecule has 1 saturated carbocycles. The smallest absolute Gasteiger partial charge is 0.242 e. The fourth-order valence-corrected chi connectivity index (χ4v) is 4.06. The molecule has 33 heavy (non-hydrogen) atoms. The molecule has 1 aliphatic heterocycles. The second-order valence-corrected chi connectivity index (χ2v) is 8.76. The minimum atomic E-state index is 0.0423. The van der Waals surface area contributed by atoms with Gasteiger partial charge < -0.3 is 19.4 Å². The van der Waals surface area contributed by atoms with E-state index in [0.29, 0.717) is 32.7 Å². The van der Waals surface area contributed by atoms with Crippen molar-refractivity contribution in [1.29, 1.82) is 0 Å². The fraction of sp³-hybridized carbons (Fsp3) is 0.520. The van der Waals surface area contributed by atoms with Gasteiger partial charge in [-0.05, 0) is 55.7 Å². The Morgan fingerprint density at radius 2 is 1.76 bits per heavy atom. The second-order valence-electron chi connectivity index (χ2n) is 8.76. The van der Waals surface area contributed by atoms with Crippen molar-refractivity contribution in [3.63, 3.8) is 0 Å². The number of nitrogens with zero attached hydrogens (tertiary/aromatic N) is 5. The Morgan fingerprint density at radius 3 is 2.33 bits per heavy atom. The Bertz CT molecular complexity index is 936. The Hall–Kier alpha value is -3.16. The molecule has 1 aromatic carbocycles. The summed E-state index contributed by atoms with van der Waals surface area (Å²) in [6, 6.07) is 11.7. The van der Waals surface area contributed by atoms with E-state index in [1.807, 2.05) is 41.3 Å². The van der Waals surface area contributed by atoms with E-state index in [1.54, 1.807) is 12.0 Å². The third-order valence-corrected chi connectivity index (χ3v) is 6.34. The number of piperazine rings is 1. The van der Waals surface area contributed by atoms with Gasteiger partial charge in [0, 0.05) is 44.2 Å². The van der Waals surface area contributed by atoms with Crippen LogP contribution in [-0.4, -0.2) is 78.2 Å². The molecule has 2 aliphatic rings. The molecule has 176 valence electrons. The molecule has 0 radical (unpaired) electrons. The van der Waals surface area contributed by atoms with Crippen molar-refractivity contribution in [1.82, 2.24) is 20.0 Å². The van der Waals surface area contributed by atoms with E-state index in [2.05, 4.69) is 22.0 Å². The predicted octanol–water partition coefficient (Wildman–Crippen LogP) is 2.84. The molecule has 8 nitrogen and oxygen atoms in total. The van der Waals surface area contributed by atoms with Crippen LogP contribution in [0.5, 0.6) is 5.75 Å². The van der Waals surface area contributed by atoms with Crippen LogP contribution in [0.4, 0.5) is 5.82 Å². The SMILES string of the molecule is CCCCN(CC(=O)N1CCN(c2ccc(-c3ccc(OC)cc3)nn2)CC1)C(=O)C1CC1. The maximum Gasteiger partial charge on any atom is 0.242 e. The van der Waals surface area contributed by atoms with Gasteiger partial charge in [-0.1, -0.05) is 13.3 Å². The van der Waals surface area contributed by atoms with Crippen LogP contribution in [0.3, 0.4) is 0 Å². The number of aromatic nitrogens is 2. The Labute approximate surface area is 195 Å². The van der Waals surface area contributed by atoms with Crippen molar-refractivity contribution >= 4 is 17.6 Å². The van der Waals surface area contributed by atoms with Gasteiger partial charge >= 0.3 is 0 Å². The highest BCUT2D eigenvalue weighted by atomic mass is 16.5. The third kappa shape index (κ3) is 5.80. The van der Waals surface area contributed by atoms with Crippen LogP contribution in [0.15, 0.2) is 36.4 Å². The number of amides is 2. The van der Waals surface area contributed by atoms with Gasteiger partial charge in [0.05, 0.1) is 19.3 Å². The molecule has 0 spiro atoms. The number of carbonyl (C=O) groups excluding carboxylic acids is 2. The number of unbranched alkanes of at least 4 members (excludes halogenated alkanes) is 1. The quantitative estimate of drug-likeness (QED) is 0.583. The van der Waals surface area contributed by atoms with Crippen LogP contribution in [-0.2, 0) is 9.59 Å². The average molecular weight is 452 g/mol. The van der Waals surface area contributed by atoms with Gasteiger partial charge in [0.2, 0.25) is 11.8 Å². The molecular weight excluding hydrogens is 418 g/mol. The van der Waals surface area contributed by atoms with Gasteiger partial charge in [-0.2, -0.15) is 0 Å². The summed E-state index contributed by atoms with van der Waals surface area (Å²) >= 11 is 0. The van der Waals surface area contributed by atoms with Gasteiger partial charge in [0.1, 0.15) is 5.75 Å². The first-order chi connectivity index (χ1) is 16.1. The fourth-order valence-electron chi connectivity index (χ4n) is 4.06. The summed E-state index contributed by atoms with van der Waals surface area (Å²) in [6.07, 6.45) is 3.88. The molecule has 2 heterocycles. The lowest BCUT2D eigenvalue weighted by atomic mass is 10.1. The van der Waals surface area contributed by atoms with E-state index in [0.717, 1.165) is 48.5 Å². The van der Waals surface area contributed by atoms with Crippen LogP contribution in [0.1, 0.15) is 32.6 Å². The lowest BCUT2D eigenvalue weighted by molar-refractivity contribution is -0.141. The van der Waals surface area contributed by atoms with Crippen molar-refractivity contribution in [3.8, 4) is 17.0 Å². The molecule has 2 fully saturated rings. The lowest BCUT2D eigenvalue weighted by Gasteiger charge is -2.36. The largest absolute Gasteiger partial charge is 0.497 e. The van der Waals surface area contributed by atoms with Crippen molar-refractivity contribution in [3.05, 3.63) is 36.4 Å². The molecule has 0 N–H and O–H groups in total. The van der Waals surface area contributed by atoms with E-state index >= 15 is 0 Å². The third-order valence-electron chi connectivity index (χ3n) is 6.34. The Kier molecular flexibility index (Phi) is 7.42. The molecule has 4 rings (SSSR count). The summed E-state index contributed by atoms with van der Waals surface area (Å²) in [4.78, 5) is 31.2. The number of benzene rings is 1. The monoisotopic (exact) mass is 451 g/mol. The van der Waals surface area contributed by atoms with Crippen molar-refractivity contribution in [2.75, 3.05) is 51.3 Å². The van der Waals surface area contributed by atoms with Crippen LogP contribution < -0.4 is 9.64 Å². The molecule has 0 unspecified atom stereocenters. The standard InChI is InChI=1S/C25H33N5O3/c1-3-4-13-30(25(32)20-5-6-20)18-24(31)29-16-14-28(15-17-29)23-12-11-22(26-27-23)19-7-9-21(33-2)10-8-19/h7-12,20H,3-6,13-18H2,1-2H3. The van der Waals surface area contributed by atoms with Gasteiger partial charge in [-0.15, -0.1) is 10.2 Å². The number of carbonyl (C=O) groups is 2. The highest BCUT2D eigenvalue weighted by Gasteiger charge is 2.34. The molecule has 1 aliphatic carbocycles. The highest BCUT2D eigenvalue weighted by molar-refractivity contribution is 5.87. The zero-order valence-electron chi connectivity index (χ0n) is 19.6. The van der Waals surface area contributed by atoms with E-state index in [9.17, 15) is 9.59 Å². The van der Waals surface area contributed by atoms with Gasteiger partial charge in [0.15, 0.2) is 5.82 Å². The Balaban J connectivity index is 1.30. The molecule has 8 heteroatoms. The van der Waals surface area contributed by atoms with Crippen LogP contribution in [0.25, 0.3) is 11.3 Å². The molecule has 2 aromatic rings. The van der Waals surface area contributed by atoms with Gasteiger partial charge in [0.25, 0.3) is 0 Å². The average Bonchev–Trinajstić information content (AvgIpc) is 3.72. The van der Waals surface area contributed by atoms with E-state index in [4.69, 9.17) is 4.74 Å². The first kappa shape index (κ1) is 23.0. The zero-order valence-corrected chi connectivity index (χ0v) is 19.6. The van der Waals surface area contributed by atoms with Crippen molar-refractivity contribution in [2.45, 2.75) is 32.6 Å². The summed E-state index contributed by atoms with van der Waals surface area (Å²) in [6.45, 7) is 5.63. The number of hydrogen-bond acceptors (Lipinski definition) is 6. The van der Waals surface area contributed by atoms with Gasteiger partial charge in [-0.25, -0.2) is 0 Å². The summed E-state index contributed by atoms with van der Waals surface area (Å²) in [5, 5.41) is 8.80. The molecule has 1 saturated heterocycles. The van der Waals surface area contributed by atoms with E-state index in [1.165, 1.54) is 0 Å². The van der Waals surface area contributed by atoms with Crippen molar-refractivity contribution in [2.24, 2.45) is 5.92 Å². The first-order valence-electron chi connectivity index (χ1n) is 11.9. The van der Waals surface area contributed by atoms with Crippen molar-refractivity contribution < 1.29 is 14.3 Å². The normalized spacial score (nSPS) is 15.9. The zero-order chi connectivity index (χ0) is 23.2. The maximum atomic E-state index is 12.9. The minimum absolute atomic E-state index is 0.0423.